The Labute approximate surface area is 173 Å². The number of urea groups is 1. The van der Waals surface area contributed by atoms with Gasteiger partial charge >= 0.3 is 6.03 Å². The largest absolute Gasteiger partial charge is 0.459 e. The van der Waals surface area contributed by atoms with Crippen LogP contribution in [0.5, 0.6) is 11.5 Å². The molecule has 0 bridgehead atoms. The highest BCUT2D eigenvalue weighted by atomic mass is 16.7. The van der Waals surface area contributed by atoms with Crippen molar-refractivity contribution < 1.29 is 23.5 Å². The van der Waals surface area contributed by atoms with Gasteiger partial charge in [-0.25, -0.2) is 4.79 Å². The lowest BCUT2D eigenvalue weighted by molar-refractivity contribution is 0.0996. The summed E-state index contributed by atoms with van der Waals surface area (Å²) in [6.07, 6.45) is 1.45. The van der Waals surface area contributed by atoms with Crippen LogP contribution >= 0.6 is 0 Å². The Morgan fingerprint density at radius 2 is 1.83 bits per heavy atom. The zero-order valence-corrected chi connectivity index (χ0v) is 16.3. The molecule has 8 heteroatoms. The van der Waals surface area contributed by atoms with E-state index in [4.69, 9.17) is 13.9 Å². The molecule has 1 aliphatic heterocycles. The normalized spacial score (nSPS) is 12.8. The molecule has 0 fully saturated rings. The van der Waals surface area contributed by atoms with E-state index < -0.39 is 0 Å². The van der Waals surface area contributed by atoms with Gasteiger partial charge in [0.2, 0.25) is 6.79 Å². The molecule has 0 spiro atoms. The highest BCUT2D eigenvalue weighted by Gasteiger charge is 2.16. The van der Waals surface area contributed by atoms with E-state index in [1.807, 2.05) is 37.3 Å². The summed E-state index contributed by atoms with van der Waals surface area (Å²) < 4.78 is 15.7. The molecule has 0 aliphatic carbocycles. The maximum atomic E-state index is 12.2. The summed E-state index contributed by atoms with van der Waals surface area (Å²) in [4.78, 5) is 24.2. The third-order valence-electron chi connectivity index (χ3n) is 4.65. The SMILES string of the molecule is C[C@@H](NC(=O)NCc1ccc(NC(=O)c2ccco2)cc1)c1ccc2c(c1)OCO2. The molecule has 4 rings (SSSR count). The van der Waals surface area contributed by atoms with Gasteiger partial charge in [0.1, 0.15) is 0 Å². The highest BCUT2D eigenvalue weighted by molar-refractivity contribution is 6.02. The lowest BCUT2D eigenvalue weighted by atomic mass is 10.1. The number of rotatable bonds is 6. The molecule has 0 radical (unpaired) electrons. The summed E-state index contributed by atoms with van der Waals surface area (Å²) in [6, 6.07) is 15.6. The summed E-state index contributed by atoms with van der Waals surface area (Å²) in [7, 11) is 0. The third kappa shape index (κ3) is 4.54. The van der Waals surface area contributed by atoms with Crippen molar-refractivity contribution in [1.29, 1.82) is 0 Å². The van der Waals surface area contributed by atoms with Crippen LogP contribution in [0.3, 0.4) is 0 Å². The molecule has 2 heterocycles. The fourth-order valence-electron chi connectivity index (χ4n) is 3.00. The first-order chi connectivity index (χ1) is 14.6. The standard InChI is InChI=1S/C22H21N3O5/c1-14(16-6-9-18-20(11-16)30-13-29-18)24-22(27)23-12-15-4-7-17(8-5-15)25-21(26)19-3-2-10-28-19/h2-11,14H,12-13H2,1H3,(H,25,26)(H2,23,24,27)/t14-/m1/s1. The van der Waals surface area contributed by atoms with Crippen LogP contribution in [0.2, 0.25) is 0 Å². The van der Waals surface area contributed by atoms with Gasteiger partial charge in [-0.05, 0) is 54.4 Å². The smallest absolute Gasteiger partial charge is 0.315 e. The van der Waals surface area contributed by atoms with E-state index in [0.717, 1.165) is 11.1 Å². The van der Waals surface area contributed by atoms with Crippen molar-refractivity contribution in [1.82, 2.24) is 10.6 Å². The maximum Gasteiger partial charge on any atom is 0.315 e. The Morgan fingerprint density at radius 1 is 1.03 bits per heavy atom. The Morgan fingerprint density at radius 3 is 2.60 bits per heavy atom. The Bertz CT molecular complexity index is 1030. The van der Waals surface area contributed by atoms with E-state index in [1.54, 1.807) is 24.3 Å². The predicted octanol–water partition coefficient (Wildman–Crippen LogP) is 3.82. The average Bonchev–Trinajstić information content (AvgIpc) is 3.44. The van der Waals surface area contributed by atoms with Gasteiger partial charge < -0.3 is 29.8 Å². The Kier molecular flexibility index (Phi) is 5.56. The van der Waals surface area contributed by atoms with Gasteiger partial charge in [0.25, 0.3) is 5.91 Å². The second-order valence-electron chi connectivity index (χ2n) is 6.79. The Balaban J connectivity index is 1.26. The van der Waals surface area contributed by atoms with Crippen LogP contribution in [0.1, 0.15) is 34.6 Å². The monoisotopic (exact) mass is 407 g/mol. The van der Waals surface area contributed by atoms with Gasteiger partial charge in [0, 0.05) is 12.2 Å². The Hall–Kier alpha value is -3.94. The molecule has 1 aromatic heterocycles. The minimum absolute atomic E-state index is 0.196. The zero-order valence-electron chi connectivity index (χ0n) is 16.3. The number of benzene rings is 2. The van der Waals surface area contributed by atoms with Crippen molar-refractivity contribution >= 4 is 17.6 Å². The summed E-state index contributed by atoms with van der Waals surface area (Å²) in [5.74, 6) is 1.32. The molecule has 0 saturated carbocycles. The molecule has 3 aromatic rings. The number of carbonyl (C=O) groups is 2. The van der Waals surface area contributed by atoms with Gasteiger partial charge in [-0.1, -0.05) is 18.2 Å². The maximum absolute atomic E-state index is 12.2. The molecule has 0 unspecified atom stereocenters. The summed E-state index contributed by atoms with van der Waals surface area (Å²) in [5, 5.41) is 8.47. The van der Waals surface area contributed by atoms with E-state index in [9.17, 15) is 9.59 Å². The van der Waals surface area contributed by atoms with Crippen LogP contribution in [-0.2, 0) is 6.54 Å². The summed E-state index contributed by atoms with van der Waals surface area (Å²) >= 11 is 0. The van der Waals surface area contributed by atoms with Gasteiger partial charge in [0.15, 0.2) is 17.3 Å². The minimum Gasteiger partial charge on any atom is -0.459 e. The molecule has 3 amide bonds. The number of nitrogens with one attached hydrogen (secondary N) is 3. The lowest BCUT2D eigenvalue weighted by Crippen LogP contribution is -2.36. The lowest BCUT2D eigenvalue weighted by Gasteiger charge is -2.15. The average molecular weight is 407 g/mol. The van der Waals surface area contributed by atoms with Gasteiger partial charge in [0.05, 0.1) is 12.3 Å². The minimum atomic E-state index is -0.317. The molecule has 30 heavy (non-hydrogen) atoms. The fraction of sp³-hybridized carbons (Fsp3) is 0.182. The van der Waals surface area contributed by atoms with E-state index in [0.29, 0.717) is 23.7 Å². The van der Waals surface area contributed by atoms with Crippen molar-refractivity contribution in [2.24, 2.45) is 0 Å². The quantitative estimate of drug-likeness (QED) is 0.577. The molecular weight excluding hydrogens is 386 g/mol. The molecule has 1 atom stereocenters. The van der Waals surface area contributed by atoms with Crippen LogP contribution in [-0.4, -0.2) is 18.7 Å². The van der Waals surface area contributed by atoms with Gasteiger partial charge in [-0.3, -0.25) is 4.79 Å². The third-order valence-corrected chi connectivity index (χ3v) is 4.65. The van der Waals surface area contributed by atoms with E-state index in [2.05, 4.69) is 16.0 Å². The number of fused-ring (bicyclic) bond motifs is 1. The second-order valence-corrected chi connectivity index (χ2v) is 6.79. The topological polar surface area (TPSA) is 102 Å². The van der Waals surface area contributed by atoms with Crippen molar-refractivity contribution in [2.45, 2.75) is 19.5 Å². The number of hydrogen-bond donors (Lipinski definition) is 3. The summed E-state index contributed by atoms with van der Waals surface area (Å²) in [6.45, 7) is 2.46. The van der Waals surface area contributed by atoms with Crippen LogP contribution < -0.4 is 25.4 Å². The van der Waals surface area contributed by atoms with Crippen LogP contribution in [0, 0.1) is 0 Å². The van der Waals surface area contributed by atoms with Crippen molar-refractivity contribution in [3.05, 3.63) is 77.7 Å². The fourth-order valence-corrected chi connectivity index (χ4v) is 3.00. The highest BCUT2D eigenvalue weighted by Crippen LogP contribution is 2.34. The van der Waals surface area contributed by atoms with Crippen molar-refractivity contribution in [2.75, 3.05) is 12.1 Å². The second kappa shape index (κ2) is 8.60. The predicted molar refractivity (Wildman–Crippen MR) is 109 cm³/mol. The number of carbonyl (C=O) groups excluding carboxylic acids is 2. The van der Waals surface area contributed by atoms with E-state index in [1.165, 1.54) is 6.26 Å². The molecule has 8 nitrogen and oxygen atoms in total. The molecular formula is C22H21N3O5. The van der Waals surface area contributed by atoms with E-state index >= 15 is 0 Å². The molecule has 0 saturated heterocycles. The first kappa shape index (κ1) is 19.4. The molecule has 154 valence electrons. The number of ether oxygens (including phenoxy) is 2. The molecule has 3 N–H and O–H groups in total. The van der Waals surface area contributed by atoms with Crippen LogP contribution in [0.4, 0.5) is 10.5 Å². The number of hydrogen-bond acceptors (Lipinski definition) is 5. The van der Waals surface area contributed by atoms with Gasteiger partial charge in [-0.2, -0.15) is 0 Å². The first-order valence-electron chi connectivity index (χ1n) is 9.46. The van der Waals surface area contributed by atoms with Crippen LogP contribution in [0.15, 0.2) is 65.3 Å². The number of anilines is 1. The first-order valence-corrected chi connectivity index (χ1v) is 9.46. The van der Waals surface area contributed by atoms with Crippen LogP contribution in [0.25, 0.3) is 0 Å². The molecule has 2 aromatic carbocycles. The van der Waals surface area contributed by atoms with E-state index in [-0.39, 0.29) is 30.5 Å². The van der Waals surface area contributed by atoms with Crippen molar-refractivity contribution in [3.63, 3.8) is 0 Å². The van der Waals surface area contributed by atoms with Gasteiger partial charge in [-0.15, -0.1) is 0 Å². The van der Waals surface area contributed by atoms with Crippen molar-refractivity contribution in [3.8, 4) is 11.5 Å². The molecule has 1 aliphatic rings. The number of furan rings is 1. The summed E-state index contributed by atoms with van der Waals surface area (Å²) in [5.41, 5.74) is 2.46. The number of amides is 3. The zero-order chi connectivity index (χ0) is 20.9.